The molecule has 0 fully saturated rings. The van der Waals surface area contributed by atoms with Crippen LogP contribution in [-0.4, -0.2) is 44.5 Å². The maximum absolute atomic E-state index is 11.7. The minimum absolute atomic E-state index is 0.0223. The van der Waals surface area contributed by atoms with Crippen LogP contribution in [0.2, 0.25) is 5.02 Å². The van der Waals surface area contributed by atoms with Crippen LogP contribution in [0, 0.1) is 0 Å². The first kappa shape index (κ1) is 14.0. The summed E-state index contributed by atoms with van der Waals surface area (Å²) >= 11 is 5.76. The van der Waals surface area contributed by atoms with Crippen LogP contribution >= 0.6 is 11.6 Å². The molecule has 1 rings (SSSR count). The molecule has 2 N–H and O–H groups in total. The van der Waals surface area contributed by atoms with Gasteiger partial charge in [-0.15, -0.1) is 0 Å². The van der Waals surface area contributed by atoms with Gasteiger partial charge in [0.2, 0.25) is 5.91 Å². The molecule has 0 saturated carbocycles. The molecule has 0 atom stereocenters. The normalized spacial score (nSPS) is 10.6. The third-order valence-electron chi connectivity index (χ3n) is 2.29. The number of carbonyl (C=O) groups excluding carboxylic acids is 1. The molecule has 5 heteroatoms. The zero-order valence-corrected chi connectivity index (χ0v) is 10.9. The molecule has 0 radical (unpaired) electrons. The van der Waals surface area contributed by atoms with Crippen LogP contribution in [0.3, 0.4) is 0 Å². The number of halogens is 1. The Labute approximate surface area is 107 Å². The summed E-state index contributed by atoms with van der Waals surface area (Å²) in [5, 5.41) is 6.52. The fourth-order valence-electron chi connectivity index (χ4n) is 1.36. The Balaban J connectivity index is 2.36. The first-order valence-corrected chi connectivity index (χ1v) is 5.88. The third kappa shape index (κ3) is 5.68. The lowest BCUT2D eigenvalue weighted by Gasteiger charge is -2.15. The van der Waals surface area contributed by atoms with E-state index in [1.807, 2.05) is 19.0 Å². The van der Waals surface area contributed by atoms with Gasteiger partial charge in [-0.1, -0.05) is 11.6 Å². The number of nitrogens with zero attached hydrogens (tertiary/aromatic N) is 1. The molecule has 0 aliphatic rings. The first-order chi connectivity index (χ1) is 8.11. The summed E-state index contributed by atoms with van der Waals surface area (Å²) in [6.07, 6.45) is 0. The molecule has 0 bridgehead atoms. The lowest BCUT2D eigenvalue weighted by Crippen LogP contribution is -2.34. The number of amides is 1. The van der Waals surface area contributed by atoms with Gasteiger partial charge in [0.05, 0.1) is 6.54 Å². The number of nitrogens with one attached hydrogen (secondary N) is 2. The van der Waals surface area contributed by atoms with Crippen LogP contribution in [-0.2, 0) is 4.79 Å². The summed E-state index contributed by atoms with van der Waals surface area (Å²) in [7, 11) is 3.81. The highest BCUT2D eigenvalue weighted by Gasteiger charge is 2.06. The van der Waals surface area contributed by atoms with Gasteiger partial charge in [-0.2, -0.15) is 0 Å². The van der Waals surface area contributed by atoms with Crippen LogP contribution in [0.4, 0.5) is 5.69 Å². The zero-order chi connectivity index (χ0) is 12.7. The van der Waals surface area contributed by atoms with Crippen molar-refractivity contribution in [3.8, 4) is 0 Å². The number of benzene rings is 1. The monoisotopic (exact) mass is 255 g/mol. The molecular weight excluding hydrogens is 238 g/mol. The number of hydrogen-bond acceptors (Lipinski definition) is 3. The molecule has 94 valence electrons. The summed E-state index contributed by atoms with van der Waals surface area (Å²) < 4.78 is 0. The molecule has 0 unspecified atom stereocenters. The van der Waals surface area contributed by atoms with Gasteiger partial charge in [0, 0.05) is 23.8 Å². The molecule has 4 nitrogen and oxygen atoms in total. The van der Waals surface area contributed by atoms with Gasteiger partial charge >= 0.3 is 0 Å². The lowest BCUT2D eigenvalue weighted by atomic mass is 10.3. The van der Waals surface area contributed by atoms with Crippen molar-refractivity contribution in [1.29, 1.82) is 0 Å². The van der Waals surface area contributed by atoms with Crippen molar-refractivity contribution in [2.24, 2.45) is 0 Å². The molecular formula is C12H18ClN3O. The highest BCUT2D eigenvalue weighted by molar-refractivity contribution is 6.30. The van der Waals surface area contributed by atoms with Crippen LogP contribution in [0.15, 0.2) is 24.3 Å². The topological polar surface area (TPSA) is 44.4 Å². The van der Waals surface area contributed by atoms with Crippen molar-refractivity contribution in [2.45, 2.75) is 0 Å². The zero-order valence-electron chi connectivity index (χ0n) is 10.2. The Morgan fingerprint density at radius 2 is 2.00 bits per heavy atom. The second-order valence-electron chi connectivity index (χ2n) is 3.90. The minimum atomic E-state index is -0.0223. The lowest BCUT2D eigenvalue weighted by molar-refractivity contribution is -0.117. The second kappa shape index (κ2) is 7.27. The fourth-order valence-corrected chi connectivity index (χ4v) is 1.49. The summed E-state index contributed by atoms with van der Waals surface area (Å²) in [5.41, 5.74) is 0.765. The Kier molecular flexibility index (Phi) is 5.97. The van der Waals surface area contributed by atoms with Crippen LogP contribution in [0.5, 0.6) is 0 Å². The molecule has 1 aromatic rings. The average molecular weight is 256 g/mol. The molecule has 0 aliphatic heterocycles. The SMILES string of the molecule is CNCCN(C)CC(=O)Nc1ccc(Cl)cc1. The van der Waals surface area contributed by atoms with Crippen molar-refractivity contribution >= 4 is 23.2 Å². The highest BCUT2D eigenvalue weighted by Crippen LogP contribution is 2.13. The second-order valence-corrected chi connectivity index (χ2v) is 4.33. The number of anilines is 1. The van der Waals surface area contributed by atoms with Gasteiger partial charge in [0.15, 0.2) is 0 Å². The average Bonchev–Trinajstić information content (AvgIpc) is 2.29. The smallest absolute Gasteiger partial charge is 0.238 e. The molecule has 1 amide bonds. The quantitative estimate of drug-likeness (QED) is 0.808. The van der Waals surface area contributed by atoms with Crippen molar-refractivity contribution < 1.29 is 4.79 Å². The van der Waals surface area contributed by atoms with E-state index < -0.39 is 0 Å². The maximum Gasteiger partial charge on any atom is 0.238 e. The van der Waals surface area contributed by atoms with E-state index in [0.717, 1.165) is 18.8 Å². The summed E-state index contributed by atoms with van der Waals surface area (Å²) in [4.78, 5) is 13.6. The molecule has 0 spiro atoms. The summed E-state index contributed by atoms with van der Waals surface area (Å²) in [5.74, 6) is -0.0223. The largest absolute Gasteiger partial charge is 0.325 e. The number of hydrogen-bond donors (Lipinski definition) is 2. The maximum atomic E-state index is 11.7. The Morgan fingerprint density at radius 3 is 2.59 bits per heavy atom. The molecule has 17 heavy (non-hydrogen) atoms. The van der Waals surface area contributed by atoms with E-state index in [4.69, 9.17) is 11.6 Å². The minimum Gasteiger partial charge on any atom is -0.325 e. The van der Waals surface area contributed by atoms with E-state index in [1.165, 1.54) is 0 Å². The molecule has 0 aromatic heterocycles. The van der Waals surface area contributed by atoms with Crippen LogP contribution in [0.25, 0.3) is 0 Å². The van der Waals surface area contributed by atoms with E-state index in [-0.39, 0.29) is 5.91 Å². The van der Waals surface area contributed by atoms with E-state index >= 15 is 0 Å². The fraction of sp³-hybridized carbons (Fsp3) is 0.417. The number of carbonyl (C=O) groups is 1. The highest BCUT2D eigenvalue weighted by atomic mass is 35.5. The Morgan fingerprint density at radius 1 is 1.35 bits per heavy atom. The summed E-state index contributed by atoms with van der Waals surface area (Å²) in [6, 6.07) is 7.07. The summed E-state index contributed by atoms with van der Waals surface area (Å²) in [6.45, 7) is 2.08. The Bertz CT molecular complexity index is 353. The first-order valence-electron chi connectivity index (χ1n) is 5.50. The Hall–Kier alpha value is -1.10. The van der Waals surface area contributed by atoms with E-state index in [9.17, 15) is 4.79 Å². The molecule has 1 aromatic carbocycles. The van der Waals surface area contributed by atoms with Crippen LogP contribution < -0.4 is 10.6 Å². The number of likely N-dealkylation sites (N-methyl/N-ethyl adjacent to an activating group) is 2. The van der Waals surface area contributed by atoms with Gasteiger partial charge in [-0.05, 0) is 38.4 Å². The molecule has 0 heterocycles. The van der Waals surface area contributed by atoms with Gasteiger partial charge in [-0.25, -0.2) is 0 Å². The predicted molar refractivity (Wildman–Crippen MR) is 71.5 cm³/mol. The van der Waals surface area contributed by atoms with Crippen molar-refractivity contribution in [3.63, 3.8) is 0 Å². The standard InChI is InChI=1S/C12H18ClN3O/c1-14-7-8-16(2)9-12(17)15-11-5-3-10(13)4-6-11/h3-6,14H,7-9H2,1-2H3,(H,15,17). The van der Waals surface area contributed by atoms with Gasteiger partial charge in [0.1, 0.15) is 0 Å². The van der Waals surface area contributed by atoms with Gasteiger partial charge < -0.3 is 10.6 Å². The van der Waals surface area contributed by atoms with E-state index in [1.54, 1.807) is 24.3 Å². The van der Waals surface area contributed by atoms with Gasteiger partial charge in [0.25, 0.3) is 0 Å². The van der Waals surface area contributed by atoms with Crippen LogP contribution in [0.1, 0.15) is 0 Å². The van der Waals surface area contributed by atoms with E-state index in [2.05, 4.69) is 10.6 Å². The number of rotatable bonds is 6. The third-order valence-corrected chi connectivity index (χ3v) is 2.54. The van der Waals surface area contributed by atoms with E-state index in [0.29, 0.717) is 11.6 Å². The van der Waals surface area contributed by atoms with Crippen molar-refractivity contribution in [2.75, 3.05) is 39.0 Å². The predicted octanol–water partition coefficient (Wildman–Crippen LogP) is 1.43. The van der Waals surface area contributed by atoms with Crippen molar-refractivity contribution in [1.82, 2.24) is 10.2 Å². The van der Waals surface area contributed by atoms with Crippen molar-refractivity contribution in [3.05, 3.63) is 29.3 Å². The van der Waals surface area contributed by atoms with Gasteiger partial charge in [-0.3, -0.25) is 9.69 Å². The molecule has 0 aliphatic carbocycles. The molecule has 0 saturated heterocycles.